The first-order chi connectivity index (χ1) is 5.46. The SMILES string of the molecule is [2H]C1(N)C[C@@H](O)[C@H](O)[C@@H](CO)O1. The van der Waals surface area contributed by atoms with Gasteiger partial charge < -0.3 is 25.8 Å². The van der Waals surface area contributed by atoms with Crippen LogP contribution >= 0.6 is 0 Å². The predicted octanol–water partition coefficient (Wildman–Crippen LogP) is -2.23. The Morgan fingerprint density at radius 3 is 2.82 bits per heavy atom. The molecule has 66 valence electrons. The molecule has 1 aliphatic heterocycles. The Kier molecular flexibility index (Phi) is 2.35. The van der Waals surface area contributed by atoms with Crippen molar-refractivity contribution < 1.29 is 21.4 Å². The maximum Gasteiger partial charge on any atom is 0.111 e. The summed E-state index contributed by atoms with van der Waals surface area (Å²) in [6.45, 7) is -0.462. The Morgan fingerprint density at radius 2 is 2.27 bits per heavy atom. The van der Waals surface area contributed by atoms with Gasteiger partial charge in [-0.05, 0) is 0 Å². The predicted molar refractivity (Wildman–Crippen MR) is 36.6 cm³/mol. The topological polar surface area (TPSA) is 95.9 Å². The number of aliphatic hydroxyl groups excluding tert-OH is 3. The molecule has 0 aliphatic carbocycles. The highest BCUT2D eigenvalue weighted by molar-refractivity contribution is 4.82. The fourth-order valence-corrected chi connectivity index (χ4v) is 1.03. The summed E-state index contributed by atoms with van der Waals surface area (Å²) < 4.78 is 12.0. The minimum atomic E-state index is -1.72. The maximum absolute atomic E-state index is 9.20. The zero-order valence-corrected chi connectivity index (χ0v) is 5.97. The molecular weight excluding hydrogens is 150 g/mol. The lowest BCUT2D eigenvalue weighted by Gasteiger charge is -2.34. The third-order valence-corrected chi connectivity index (χ3v) is 1.67. The summed E-state index contributed by atoms with van der Waals surface area (Å²) in [5.74, 6) is 0. The van der Waals surface area contributed by atoms with Crippen molar-refractivity contribution in [2.75, 3.05) is 6.61 Å². The van der Waals surface area contributed by atoms with E-state index in [0.717, 1.165) is 0 Å². The fourth-order valence-electron chi connectivity index (χ4n) is 1.03. The third kappa shape index (κ3) is 1.88. The summed E-state index contributed by atoms with van der Waals surface area (Å²) in [5.41, 5.74) is 5.26. The van der Waals surface area contributed by atoms with E-state index in [-0.39, 0.29) is 6.42 Å². The number of rotatable bonds is 1. The third-order valence-electron chi connectivity index (χ3n) is 1.67. The molecule has 1 saturated heterocycles. The summed E-state index contributed by atoms with van der Waals surface area (Å²) in [7, 11) is 0. The van der Waals surface area contributed by atoms with Gasteiger partial charge in [0, 0.05) is 6.42 Å². The second kappa shape index (κ2) is 3.46. The molecule has 1 unspecified atom stereocenters. The van der Waals surface area contributed by atoms with E-state index >= 15 is 0 Å². The van der Waals surface area contributed by atoms with Crippen LogP contribution in [0.5, 0.6) is 0 Å². The van der Waals surface area contributed by atoms with Crippen LogP contribution in [0, 0.1) is 0 Å². The zero-order chi connectivity index (χ0) is 9.35. The molecule has 4 atom stereocenters. The number of aliphatic hydroxyl groups is 3. The molecule has 0 radical (unpaired) electrons. The molecule has 0 aromatic carbocycles. The van der Waals surface area contributed by atoms with Gasteiger partial charge in [-0.25, -0.2) is 0 Å². The zero-order valence-electron chi connectivity index (χ0n) is 6.97. The summed E-state index contributed by atoms with van der Waals surface area (Å²) >= 11 is 0. The van der Waals surface area contributed by atoms with Crippen molar-refractivity contribution >= 4 is 0 Å². The molecule has 0 saturated carbocycles. The van der Waals surface area contributed by atoms with E-state index in [4.69, 9.17) is 16.9 Å². The van der Waals surface area contributed by atoms with Gasteiger partial charge in [-0.1, -0.05) is 0 Å². The first-order valence-electron chi connectivity index (χ1n) is 3.90. The Balaban J connectivity index is 2.65. The van der Waals surface area contributed by atoms with Gasteiger partial charge in [0.05, 0.1) is 14.1 Å². The lowest BCUT2D eigenvalue weighted by molar-refractivity contribution is -0.177. The van der Waals surface area contributed by atoms with E-state index in [0.29, 0.717) is 0 Å². The van der Waals surface area contributed by atoms with E-state index in [1.807, 2.05) is 0 Å². The van der Waals surface area contributed by atoms with Crippen LogP contribution in [0.3, 0.4) is 0 Å². The van der Waals surface area contributed by atoms with Gasteiger partial charge in [0.15, 0.2) is 0 Å². The summed E-state index contributed by atoms with van der Waals surface area (Å²) in [6.07, 6.45) is -5.14. The standard InChI is InChI=1S/C6H13NO4/c7-5-1-3(9)6(10)4(2-8)11-5/h3-6,8-10H,1-2,7H2/t3-,4-,5?,6+/m1/s1/i5D. The minimum absolute atomic E-state index is 0.162. The largest absolute Gasteiger partial charge is 0.394 e. The van der Waals surface area contributed by atoms with Crippen LogP contribution in [0.15, 0.2) is 0 Å². The molecule has 0 aromatic rings. The Bertz CT molecular complexity index is 166. The van der Waals surface area contributed by atoms with Crippen molar-refractivity contribution in [1.29, 1.82) is 0 Å². The highest BCUT2D eigenvalue weighted by atomic mass is 16.5. The Labute approximate surface area is 65.8 Å². The van der Waals surface area contributed by atoms with E-state index in [2.05, 4.69) is 0 Å². The molecule has 0 aromatic heterocycles. The molecule has 11 heavy (non-hydrogen) atoms. The van der Waals surface area contributed by atoms with Gasteiger partial charge in [0.25, 0.3) is 0 Å². The molecule has 0 amide bonds. The molecule has 1 heterocycles. The van der Waals surface area contributed by atoms with Gasteiger partial charge in [0.1, 0.15) is 18.4 Å². The number of nitrogens with two attached hydrogens (primary N) is 1. The molecule has 1 rings (SSSR count). The van der Waals surface area contributed by atoms with E-state index in [9.17, 15) is 10.2 Å². The molecule has 0 bridgehead atoms. The van der Waals surface area contributed by atoms with E-state index in [1.165, 1.54) is 0 Å². The second-order valence-electron chi connectivity index (χ2n) is 2.57. The van der Waals surface area contributed by atoms with Gasteiger partial charge >= 0.3 is 0 Å². The summed E-state index contributed by atoms with van der Waals surface area (Å²) in [6, 6.07) is 0. The van der Waals surface area contributed by atoms with Crippen LogP contribution in [-0.4, -0.2) is 46.4 Å². The highest BCUT2D eigenvalue weighted by Gasteiger charge is 2.34. The number of ether oxygens (including phenoxy) is 1. The van der Waals surface area contributed by atoms with Crippen molar-refractivity contribution in [3.8, 4) is 0 Å². The van der Waals surface area contributed by atoms with Crippen LogP contribution in [0.2, 0.25) is 0 Å². The highest BCUT2D eigenvalue weighted by Crippen LogP contribution is 2.16. The fraction of sp³-hybridized carbons (Fsp3) is 1.00. The van der Waals surface area contributed by atoms with Crippen LogP contribution in [0.1, 0.15) is 7.79 Å². The minimum Gasteiger partial charge on any atom is -0.394 e. The van der Waals surface area contributed by atoms with Gasteiger partial charge in [0.2, 0.25) is 0 Å². The molecule has 0 spiro atoms. The first kappa shape index (κ1) is 7.45. The van der Waals surface area contributed by atoms with Crippen LogP contribution < -0.4 is 5.73 Å². The van der Waals surface area contributed by atoms with E-state index < -0.39 is 31.1 Å². The Morgan fingerprint density at radius 1 is 1.64 bits per heavy atom. The summed E-state index contributed by atoms with van der Waals surface area (Å²) in [5, 5.41) is 27.0. The lowest BCUT2D eigenvalue weighted by Crippen LogP contribution is -2.52. The van der Waals surface area contributed by atoms with Gasteiger partial charge in [-0.15, -0.1) is 0 Å². The van der Waals surface area contributed by atoms with Gasteiger partial charge in [-0.3, -0.25) is 0 Å². The average molecular weight is 164 g/mol. The first-order valence-corrected chi connectivity index (χ1v) is 3.40. The molecule has 5 N–H and O–H groups in total. The quantitative estimate of drug-likeness (QED) is 0.352. The monoisotopic (exact) mass is 164 g/mol. The molecule has 5 heteroatoms. The molecule has 1 aliphatic rings. The van der Waals surface area contributed by atoms with E-state index in [1.54, 1.807) is 0 Å². The van der Waals surface area contributed by atoms with Crippen molar-refractivity contribution in [2.24, 2.45) is 5.73 Å². The number of hydrogen-bond acceptors (Lipinski definition) is 5. The lowest BCUT2D eigenvalue weighted by atomic mass is 10.0. The molecular formula is C6H13NO4. The van der Waals surface area contributed by atoms with Crippen molar-refractivity contribution in [3.63, 3.8) is 0 Å². The van der Waals surface area contributed by atoms with Crippen molar-refractivity contribution in [3.05, 3.63) is 0 Å². The average Bonchev–Trinajstić information content (AvgIpc) is 1.96. The second-order valence-corrected chi connectivity index (χ2v) is 2.57. The number of hydrogen-bond donors (Lipinski definition) is 4. The van der Waals surface area contributed by atoms with Gasteiger partial charge in [-0.2, -0.15) is 0 Å². The van der Waals surface area contributed by atoms with Crippen molar-refractivity contribution in [2.45, 2.75) is 30.9 Å². The molecule has 5 nitrogen and oxygen atoms in total. The maximum atomic E-state index is 9.20. The summed E-state index contributed by atoms with van der Waals surface area (Å²) in [4.78, 5) is 0. The van der Waals surface area contributed by atoms with Crippen LogP contribution in [0.4, 0.5) is 0 Å². The Hall–Kier alpha value is -0.200. The van der Waals surface area contributed by atoms with Crippen molar-refractivity contribution in [1.82, 2.24) is 0 Å². The molecule has 1 fully saturated rings. The smallest absolute Gasteiger partial charge is 0.111 e. The normalized spacial score (nSPS) is 53.8. The van der Waals surface area contributed by atoms with Crippen LogP contribution in [0.25, 0.3) is 0 Å². The van der Waals surface area contributed by atoms with Crippen LogP contribution in [-0.2, 0) is 4.74 Å².